The molecule has 0 atom stereocenters. The Kier molecular flexibility index (Phi) is 19.1. The SMILES string of the molecule is CC[CH]OC(=O)CCCCCCCCCCCCCCCCC. The van der Waals surface area contributed by atoms with Gasteiger partial charge in [-0.2, -0.15) is 0 Å². The molecule has 0 saturated heterocycles. The molecule has 0 unspecified atom stereocenters. The molecule has 23 heavy (non-hydrogen) atoms. The fourth-order valence-corrected chi connectivity index (χ4v) is 2.88. The van der Waals surface area contributed by atoms with Gasteiger partial charge < -0.3 is 4.74 Å². The second-order valence-electron chi connectivity index (χ2n) is 6.76. The number of esters is 1. The van der Waals surface area contributed by atoms with E-state index in [9.17, 15) is 4.79 Å². The molecule has 0 fully saturated rings. The van der Waals surface area contributed by atoms with Crippen LogP contribution < -0.4 is 0 Å². The van der Waals surface area contributed by atoms with Crippen LogP contribution in [0.2, 0.25) is 0 Å². The molecular weight excluding hydrogens is 284 g/mol. The summed E-state index contributed by atoms with van der Waals surface area (Å²) in [6.07, 6.45) is 21.7. The van der Waals surface area contributed by atoms with Crippen LogP contribution >= 0.6 is 0 Å². The van der Waals surface area contributed by atoms with E-state index in [0.29, 0.717) is 6.42 Å². The monoisotopic (exact) mass is 325 g/mol. The molecule has 2 nitrogen and oxygen atoms in total. The van der Waals surface area contributed by atoms with Crippen LogP contribution in [-0.4, -0.2) is 5.97 Å². The van der Waals surface area contributed by atoms with E-state index in [1.807, 2.05) is 6.92 Å². The van der Waals surface area contributed by atoms with E-state index in [1.54, 1.807) is 6.61 Å². The molecule has 0 aliphatic carbocycles. The maximum atomic E-state index is 11.3. The average molecular weight is 326 g/mol. The van der Waals surface area contributed by atoms with Crippen molar-refractivity contribution in [1.29, 1.82) is 0 Å². The van der Waals surface area contributed by atoms with Crippen LogP contribution in [0, 0.1) is 6.61 Å². The third-order valence-electron chi connectivity index (χ3n) is 4.37. The fraction of sp³-hybridized carbons (Fsp3) is 0.905. The molecule has 2 heteroatoms. The van der Waals surface area contributed by atoms with Gasteiger partial charge in [0.05, 0.1) is 0 Å². The zero-order valence-electron chi connectivity index (χ0n) is 15.9. The molecule has 0 aliphatic heterocycles. The van der Waals surface area contributed by atoms with Crippen LogP contribution in [0.4, 0.5) is 0 Å². The number of hydrogen-bond donors (Lipinski definition) is 0. The highest BCUT2D eigenvalue weighted by Crippen LogP contribution is 2.13. The van der Waals surface area contributed by atoms with Gasteiger partial charge in [-0.05, 0) is 12.8 Å². The number of hydrogen-bond acceptors (Lipinski definition) is 2. The molecule has 0 aromatic carbocycles. The van der Waals surface area contributed by atoms with Crippen molar-refractivity contribution in [1.82, 2.24) is 0 Å². The van der Waals surface area contributed by atoms with Crippen LogP contribution in [0.25, 0.3) is 0 Å². The highest BCUT2D eigenvalue weighted by Gasteiger charge is 2.01. The van der Waals surface area contributed by atoms with Gasteiger partial charge in [0.1, 0.15) is 6.61 Å². The quantitative estimate of drug-likeness (QED) is 0.194. The molecule has 0 rings (SSSR count). The Hall–Kier alpha value is -0.530. The molecule has 0 heterocycles. The summed E-state index contributed by atoms with van der Waals surface area (Å²) in [6, 6.07) is 0. The Morgan fingerprint density at radius 1 is 0.652 bits per heavy atom. The van der Waals surface area contributed by atoms with Crippen LogP contribution in [0.1, 0.15) is 123 Å². The molecule has 0 aliphatic rings. The van der Waals surface area contributed by atoms with E-state index in [4.69, 9.17) is 4.74 Å². The van der Waals surface area contributed by atoms with Crippen molar-refractivity contribution in [2.75, 3.05) is 0 Å². The highest BCUT2D eigenvalue weighted by atomic mass is 16.5. The number of carbonyl (C=O) groups is 1. The zero-order valence-corrected chi connectivity index (χ0v) is 15.9. The van der Waals surface area contributed by atoms with Crippen molar-refractivity contribution in [2.24, 2.45) is 0 Å². The summed E-state index contributed by atoms with van der Waals surface area (Å²) < 4.78 is 4.95. The summed E-state index contributed by atoms with van der Waals surface area (Å²) in [5, 5.41) is 0. The lowest BCUT2D eigenvalue weighted by molar-refractivity contribution is -0.140. The van der Waals surface area contributed by atoms with Gasteiger partial charge in [-0.15, -0.1) is 0 Å². The van der Waals surface area contributed by atoms with E-state index in [0.717, 1.165) is 12.8 Å². The second-order valence-corrected chi connectivity index (χ2v) is 6.76. The first-order valence-corrected chi connectivity index (χ1v) is 10.3. The number of ether oxygens (including phenoxy) is 1. The van der Waals surface area contributed by atoms with Gasteiger partial charge in [-0.3, -0.25) is 4.79 Å². The highest BCUT2D eigenvalue weighted by molar-refractivity contribution is 5.69. The van der Waals surface area contributed by atoms with Crippen molar-refractivity contribution in [2.45, 2.75) is 123 Å². The van der Waals surface area contributed by atoms with Crippen LogP contribution in [-0.2, 0) is 9.53 Å². The standard InChI is InChI=1S/C21H41O2/c1-3-5-6-7-8-9-10-11-12-13-14-15-16-17-18-19-21(22)23-20-4-2/h20H,3-19H2,1-2H3. The largest absolute Gasteiger partial charge is 0.458 e. The van der Waals surface area contributed by atoms with Crippen LogP contribution in [0.15, 0.2) is 0 Å². The molecule has 0 saturated carbocycles. The zero-order chi connectivity index (χ0) is 17.0. The van der Waals surface area contributed by atoms with Gasteiger partial charge in [0.25, 0.3) is 0 Å². The molecule has 1 radical (unpaired) electrons. The van der Waals surface area contributed by atoms with Gasteiger partial charge in [0.15, 0.2) is 0 Å². The summed E-state index contributed by atoms with van der Waals surface area (Å²) >= 11 is 0. The Morgan fingerprint density at radius 3 is 1.43 bits per heavy atom. The van der Waals surface area contributed by atoms with Crippen LogP contribution in [0.3, 0.4) is 0 Å². The van der Waals surface area contributed by atoms with Crippen LogP contribution in [0.5, 0.6) is 0 Å². The molecule has 0 bridgehead atoms. The summed E-state index contributed by atoms with van der Waals surface area (Å²) in [6.45, 7) is 5.84. The average Bonchev–Trinajstić information content (AvgIpc) is 2.56. The predicted molar refractivity (Wildman–Crippen MR) is 100 cm³/mol. The van der Waals surface area contributed by atoms with Crippen molar-refractivity contribution in [3.05, 3.63) is 6.61 Å². The van der Waals surface area contributed by atoms with Crippen molar-refractivity contribution in [3.8, 4) is 0 Å². The summed E-state index contributed by atoms with van der Waals surface area (Å²) in [4.78, 5) is 11.3. The fourth-order valence-electron chi connectivity index (χ4n) is 2.88. The summed E-state index contributed by atoms with van der Waals surface area (Å²) in [5.41, 5.74) is 0. The third kappa shape index (κ3) is 19.4. The van der Waals surface area contributed by atoms with Gasteiger partial charge >= 0.3 is 5.97 Å². The first-order valence-electron chi connectivity index (χ1n) is 10.3. The van der Waals surface area contributed by atoms with Crippen molar-refractivity contribution < 1.29 is 9.53 Å². The molecule has 0 N–H and O–H groups in total. The number of carbonyl (C=O) groups excluding carboxylic acids is 1. The Balaban J connectivity index is 3.04. The minimum atomic E-state index is -0.0680. The summed E-state index contributed by atoms with van der Waals surface area (Å²) in [7, 11) is 0. The van der Waals surface area contributed by atoms with Gasteiger partial charge in [0, 0.05) is 6.42 Å². The van der Waals surface area contributed by atoms with E-state index < -0.39 is 0 Å². The van der Waals surface area contributed by atoms with Gasteiger partial charge in [0.2, 0.25) is 0 Å². The second kappa shape index (κ2) is 19.5. The Morgan fingerprint density at radius 2 is 1.04 bits per heavy atom. The molecule has 0 aromatic heterocycles. The maximum absolute atomic E-state index is 11.3. The van der Waals surface area contributed by atoms with E-state index in [2.05, 4.69) is 6.92 Å². The smallest absolute Gasteiger partial charge is 0.306 e. The van der Waals surface area contributed by atoms with E-state index in [-0.39, 0.29) is 5.97 Å². The molecule has 0 aromatic rings. The topological polar surface area (TPSA) is 26.3 Å². The van der Waals surface area contributed by atoms with E-state index in [1.165, 1.54) is 89.9 Å². The first kappa shape index (κ1) is 22.5. The first-order chi connectivity index (χ1) is 11.3. The lowest BCUT2D eigenvalue weighted by Crippen LogP contribution is -2.01. The van der Waals surface area contributed by atoms with Gasteiger partial charge in [-0.25, -0.2) is 0 Å². The Labute approximate surface area is 145 Å². The normalized spacial score (nSPS) is 10.9. The van der Waals surface area contributed by atoms with E-state index >= 15 is 0 Å². The molecule has 0 spiro atoms. The van der Waals surface area contributed by atoms with Crippen molar-refractivity contribution >= 4 is 5.97 Å². The molecule has 137 valence electrons. The lowest BCUT2D eigenvalue weighted by Gasteiger charge is -2.04. The van der Waals surface area contributed by atoms with Gasteiger partial charge in [-0.1, -0.05) is 104 Å². The Bertz CT molecular complexity index is 238. The third-order valence-corrected chi connectivity index (χ3v) is 4.37. The minimum Gasteiger partial charge on any atom is -0.458 e. The molecular formula is C21H41O2. The number of rotatable bonds is 18. The summed E-state index contributed by atoms with van der Waals surface area (Å²) in [5.74, 6) is -0.0680. The number of unbranched alkanes of at least 4 members (excludes halogenated alkanes) is 14. The lowest BCUT2D eigenvalue weighted by atomic mass is 10.0. The van der Waals surface area contributed by atoms with Crippen molar-refractivity contribution in [3.63, 3.8) is 0 Å². The predicted octanol–water partition coefficient (Wildman–Crippen LogP) is 7.36. The molecule has 0 amide bonds. The minimum absolute atomic E-state index is 0.0680. The maximum Gasteiger partial charge on any atom is 0.306 e.